The predicted octanol–water partition coefficient (Wildman–Crippen LogP) is 2.80. The summed E-state index contributed by atoms with van der Waals surface area (Å²) in [4.78, 5) is 27.5. The molecule has 0 saturated carbocycles. The molecule has 1 N–H and O–H groups in total. The van der Waals surface area contributed by atoms with Gasteiger partial charge in [-0.25, -0.2) is 4.79 Å². The highest BCUT2D eigenvalue weighted by molar-refractivity contribution is 5.78. The standard InChI is InChI=1S/C15H28N2O3/c1-5-7-9-16(11(3)6-2)15(20)17-10-8-13(12(17)4)14(18)19/h11-13H,5-10H2,1-4H3,(H,18,19). The number of nitrogens with zero attached hydrogens (tertiary/aromatic N) is 2. The van der Waals surface area contributed by atoms with Crippen LogP contribution in [0.5, 0.6) is 0 Å². The number of carbonyl (C=O) groups is 2. The van der Waals surface area contributed by atoms with E-state index in [4.69, 9.17) is 5.11 Å². The van der Waals surface area contributed by atoms with Crippen LogP contribution in [-0.4, -0.2) is 52.1 Å². The van der Waals surface area contributed by atoms with Gasteiger partial charge in [0.1, 0.15) is 0 Å². The van der Waals surface area contributed by atoms with Gasteiger partial charge in [-0.3, -0.25) is 4.79 Å². The molecule has 0 aliphatic carbocycles. The summed E-state index contributed by atoms with van der Waals surface area (Å²) in [5.41, 5.74) is 0. The third kappa shape index (κ3) is 3.64. The first-order valence-corrected chi connectivity index (χ1v) is 7.74. The van der Waals surface area contributed by atoms with Crippen LogP contribution in [0.15, 0.2) is 0 Å². The number of hydrogen-bond donors (Lipinski definition) is 1. The summed E-state index contributed by atoms with van der Waals surface area (Å²) in [6.45, 7) is 9.39. The fourth-order valence-electron chi connectivity index (χ4n) is 2.76. The summed E-state index contributed by atoms with van der Waals surface area (Å²) in [6.07, 6.45) is 3.51. The van der Waals surface area contributed by atoms with Crippen LogP contribution in [0.4, 0.5) is 4.79 Å². The Morgan fingerprint density at radius 2 is 2.05 bits per heavy atom. The highest BCUT2D eigenvalue weighted by atomic mass is 16.4. The zero-order valence-corrected chi connectivity index (χ0v) is 13.1. The third-order valence-corrected chi connectivity index (χ3v) is 4.44. The molecule has 5 heteroatoms. The fourth-order valence-corrected chi connectivity index (χ4v) is 2.76. The lowest BCUT2D eigenvalue weighted by molar-refractivity contribution is -0.142. The van der Waals surface area contributed by atoms with Crippen LogP contribution >= 0.6 is 0 Å². The van der Waals surface area contributed by atoms with Crippen molar-refractivity contribution in [2.24, 2.45) is 5.92 Å². The van der Waals surface area contributed by atoms with Crippen LogP contribution in [0, 0.1) is 5.92 Å². The van der Waals surface area contributed by atoms with Gasteiger partial charge in [0.2, 0.25) is 0 Å². The average Bonchev–Trinajstić information content (AvgIpc) is 2.80. The molecular formula is C15H28N2O3. The zero-order chi connectivity index (χ0) is 15.3. The van der Waals surface area contributed by atoms with Gasteiger partial charge >= 0.3 is 12.0 Å². The zero-order valence-electron chi connectivity index (χ0n) is 13.1. The lowest BCUT2D eigenvalue weighted by atomic mass is 10.0. The highest BCUT2D eigenvalue weighted by Gasteiger charge is 2.40. The molecule has 0 aromatic heterocycles. The number of amides is 2. The molecule has 3 unspecified atom stereocenters. The van der Waals surface area contributed by atoms with E-state index in [0.29, 0.717) is 13.0 Å². The lowest BCUT2D eigenvalue weighted by Gasteiger charge is -2.34. The summed E-state index contributed by atoms with van der Waals surface area (Å²) < 4.78 is 0. The Hall–Kier alpha value is -1.26. The molecule has 116 valence electrons. The van der Waals surface area contributed by atoms with Crippen molar-refractivity contribution in [2.45, 2.75) is 65.5 Å². The summed E-state index contributed by atoms with van der Waals surface area (Å²) in [5, 5.41) is 9.17. The molecule has 5 nitrogen and oxygen atoms in total. The number of hydrogen-bond acceptors (Lipinski definition) is 2. The van der Waals surface area contributed by atoms with Crippen LogP contribution in [0.3, 0.4) is 0 Å². The second-order valence-electron chi connectivity index (χ2n) is 5.75. The van der Waals surface area contributed by atoms with E-state index in [-0.39, 0.29) is 18.1 Å². The van der Waals surface area contributed by atoms with Gasteiger partial charge in [-0.05, 0) is 33.1 Å². The number of carbonyl (C=O) groups excluding carboxylic acids is 1. The molecule has 1 fully saturated rings. The first-order chi connectivity index (χ1) is 9.43. The van der Waals surface area contributed by atoms with Crippen LogP contribution in [-0.2, 0) is 4.79 Å². The monoisotopic (exact) mass is 284 g/mol. The molecule has 1 rings (SSSR count). The van der Waals surface area contributed by atoms with Crippen LogP contribution in [0.2, 0.25) is 0 Å². The van der Waals surface area contributed by atoms with Gasteiger partial charge in [0.15, 0.2) is 0 Å². The van der Waals surface area contributed by atoms with Crippen LogP contribution in [0.25, 0.3) is 0 Å². The van der Waals surface area contributed by atoms with Crippen LogP contribution in [0.1, 0.15) is 53.4 Å². The first kappa shape index (κ1) is 16.8. The summed E-state index contributed by atoms with van der Waals surface area (Å²) in [6, 6.07) is -0.0117. The smallest absolute Gasteiger partial charge is 0.320 e. The molecule has 2 amide bonds. The maximum Gasteiger partial charge on any atom is 0.320 e. The van der Waals surface area contributed by atoms with Crippen molar-refractivity contribution in [1.82, 2.24) is 9.80 Å². The Kier molecular flexibility index (Phi) is 6.30. The molecule has 0 aromatic rings. The molecule has 0 aromatic carbocycles. The molecule has 20 heavy (non-hydrogen) atoms. The van der Waals surface area contributed by atoms with E-state index >= 15 is 0 Å². The van der Waals surface area contributed by atoms with E-state index in [1.165, 1.54) is 0 Å². The normalized spacial score (nSPS) is 23.7. The van der Waals surface area contributed by atoms with E-state index in [1.54, 1.807) is 4.90 Å². The minimum Gasteiger partial charge on any atom is -0.481 e. The second-order valence-corrected chi connectivity index (χ2v) is 5.75. The van der Waals surface area contributed by atoms with E-state index in [9.17, 15) is 9.59 Å². The van der Waals surface area contributed by atoms with Gasteiger partial charge < -0.3 is 14.9 Å². The molecule has 1 aliphatic heterocycles. The van der Waals surface area contributed by atoms with Gasteiger partial charge in [-0.1, -0.05) is 20.3 Å². The lowest BCUT2D eigenvalue weighted by Crippen LogP contribution is -2.49. The molecule has 3 atom stereocenters. The molecule has 1 saturated heterocycles. The van der Waals surface area contributed by atoms with Gasteiger partial charge in [-0.15, -0.1) is 0 Å². The Morgan fingerprint density at radius 3 is 2.50 bits per heavy atom. The SMILES string of the molecule is CCCCN(C(=O)N1CCC(C(=O)O)C1C)C(C)CC. The van der Waals surface area contributed by atoms with Crippen molar-refractivity contribution in [3.8, 4) is 0 Å². The molecule has 1 aliphatic rings. The Bertz CT molecular complexity index is 346. The van der Waals surface area contributed by atoms with Crippen molar-refractivity contribution in [3.63, 3.8) is 0 Å². The van der Waals surface area contributed by atoms with E-state index < -0.39 is 11.9 Å². The van der Waals surface area contributed by atoms with Gasteiger partial charge in [-0.2, -0.15) is 0 Å². The van der Waals surface area contributed by atoms with E-state index in [2.05, 4.69) is 20.8 Å². The van der Waals surface area contributed by atoms with Crippen LogP contribution < -0.4 is 0 Å². The minimum atomic E-state index is -0.795. The molecule has 0 spiro atoms. The number of rotatable bonds is 6. The second kappa shape index (κ2) is 7.50. The fraction of sp³-hybridized carbons (Fsp3) is 0.867. The highest BCUT2D eigenvalue weighted by Crippen LogP contribution is 2.26. The molecule has 1 heterocycles. The van der Waals surface area contributed by atoms with Crippen molar-refractivity contribution in [1.29, 1.82) is 0 Å². The van der Waals surface area contributed by atoms with E-state index in [0.717, 1.165) is 25.8 Å². The van der Waals surface area contributed by atoms with Gasteiger partial charge in [0, 0.05) is 25.2 Å². The summed E-state index contributed by atoms with van der Waals surface area (Å²) in [5.74, 6) is -1.22. The summed E-state index contributed by atoms with van der Waals surface area (Å²) in [7, 11) is 0. The number of aliphatic carboxylic acids is 1. The van der Waals surface area contributed by atoms with Gasteiger partial charge in [0.05, 0.1) is 5.92 Å². The first-order valence-electron chi connectivity index (χ1n) is 7.74. The van der Waals surface area contributed by atoms with Crippen molar-refractivity contribution < 1.29 is 14.7 Å². The maximum atomic E-state index is 12.7. The Labute approximate surface area is 121 Å². The molecular weight excluding hydrogens is 256 g/mol. The average molecular weight is 284 g/mol. The number of likely N-dealkylation sites (tertiary alicyclic amines) is 1. The van der Waals surface area contributed by atoms with E-state index in [1.807, 2.05) is 11.8 Å². The van der Waals surface area contributed by atoms with Gasteiger partial charge in [0.25, 0.3) is 0 Å². The third-order valence-electron chi connectivity index (χ3n) is 4.44. The van der Waals surface area contributed by atoms with Crippen molar-refractivity contribution >= 4 is 12.0 Å². The number of urea groups is 1. The summed E-state index contributed by atoms with van der Waals surface area (Å²) >= 11 is 0. The minimum absolute atomic E-state index is 0.00375. The quantitative estimate of drug-likeness (QED) is 0.816. The molecule has 0 bridgehead atoms. The predicted molar refractivity (Wildman–Crippen MR) is 78.7 cm³/mol. The maximum absolute atomic E-state index is 12.7. The number of unbranched alkanes of at least 4 members (excludes halogenated alkanes) is 1. The number of carboxylic acids is 1. The number of carboxylic acid groups (broad SMARTS) is 1. The largest absolute Gasteiger partial charge is 0.481 e. The molecule has 0 radical (unpaired) electrons. The Balaban J connectivity index is 2.77. The van der Waals surface area contributed by atoms with Crippen molar-refractivity contribution in [2.75, 3.05) is 13.1 Å². The topological polar surface area (TPSA) is 60.9 Å². The van der Waals surface area contributed by atoms with Crippen molar-refractivity contribution in [3.05, 3.63) is 0 Å². The Morgan fingerprint density at radius 1 is 1.40 bits per heavy atom.